The summed E-state index contributed by atoms with van der Waals surface area (Å²) in [6, 6.07) is 3.92. The van der Waals surface area contributed by atoms with Crippen LogP contribution in [0.25, 0.3) is 5.95 Å². The van der Waals surface area contributed by atoms with Crippen LogP contribution in [0.2, 0.25) is 0 Å². The number of aromatic nitrogens is 4. The lowest BCUT2D eigenvalue weighted by atomic mass is 9.84. The molecule has 1 atom stereocenters. The lowest BCUT2D eigenvalue weighted by Gasteiger charge is -2.28. The fraction of sp³-hybridized carbons (Fsp3) is 0.636. The maximum atomic E-state index is 13.5. The van der Waals surface area contributed by atoms with Gasteiger partial charge in [0, 0.05) is 55.9 Å². The average molecular weight is 418 g/mol. The molecule has 4 rings (SSSR count). The molecule has 0 radical (unpaired) electrons. The number of carbonyl (C=O) groups is 1. The van der Waals surface area contributed by atoms with Crippen LogP contribution in [-0.2, 0) is 17.6 Å². The topological polar surface area (TPSA) is 63.9 Å². The summed E-state index contributed by atoms with van der Waals surface area (Å²) in [6.07, 6.45) is 2.94. The Balaban J connectivity index is 1.61. The normalized spacial score (nSPS) is 22.1. The van der Waals surface area contributed by atoms with Gasteiger partial charge in [-0.25, -0.2) is 23.4 Å². The number of hydrogen-bond donors (Lipinski definition) is 0. The molecular weight excluding hydrogens is 388 g/mol. The average Bonchev–Trinajstić information content (AvgIpc) is 3.19. The zero-order valence-electron chi connectivity index (χ0n) is 17.9. The lowest BCUT2D eigenvalue weighted by Crippen LogP contribution is -2.26. The number of rotatable bonds is 5. The molecule has 1 aliphatic carbocycles. The molecular formula is C22H29F2N5O. The van der Waals surface area contributed by atoms with Gasteiger partial charge in [-0.3, -0.25) is 4.79 Å². The molecule has 1 saturated carbocycles. The first-order valence-electron chi connectivity index (χ1n) is 10.7. The van der Waals surface area contributed by atoms with E-state index in [0.29, 0.717) is 31.6 Å². The molecule has 1 saturated heterocycles. The highest BCUT2D eigenvalue weighted by molar-refractivity contribution is 5.80. The number of likely N-dealkylation sites (tertiary alicyclic amines) is 1. The van der Waals surface area contributed by atoms with Gasteiger partial charge in [-0.05, 0) is 57.6 Å². The first kappa shape index (κ1) is 20.9. The molecule has 1 aliphatic heterocycles. The largest absolute Gasteiger partial charge is 0.345 e. The van der Waals surface area contributed by atoms with Crippen molar-refractivity contribution in [3.8, 4) is 5.95 Å². The second-order valence-corrected chi connectivity index (χ2v) is 8.94. The van der Waals surface area contributed by atoms with Gasteiger partial charge in [0.15, 0.2) is 0 Å². The molecule has 2 aromatic rings. The SMILES string of the molecule is Cc1cc(C)n(-c2nc(CC3CCC(F)(F)CC3)cc(CC3CCN(C)C3=O)n2)n1. The third-order valence-electron chi connectivity index (χ3n) is 6.35. The van der Waals surface area contributed by atoms with E-state index in [2.05, 4.69) is 5.10 Å². The standard InChI is InChI=1S/C22H29F2N5O/c1-14-10-15(2)29(27-14)21-25-18(11-16-4-7-22(23,24)8-5-16)13-19(26-21)12-17-6-9-28(3)20(17)30/h10,13,16-17H,4-9,11-12H2,1-3H3. The fourth-order valence-electron chi connectivity index (χ4n) is 4.61. The Hall–Kier alpha value is -2.38. The van der Waals surface area contributed by atoms with Crippen LogP contribution in [0, 0.1) is 25.7 Å². The van der Waals surface area contributed by atoms with Crippen molar-refractivity contribution < 1.29 is 13.6 Å². The van der Waals surface area contributed by atoms with Crippen molar-refractivity contribution in [2.45, 2.75) is 64.7 Å². The molecule has 0 spiro atoms. The molecule has 0 N–H and O–H groups in total. The van der Waals surface area contributed by atoms with Gasteiger partial charge in [-0.15, -0.1) is 0 Å². The maximum Gasteiger partial charge on any atom is 0.251 e. The van der Waals surface area contributed by atoms with Crippen molar-refractivity contribution in [1.29, 1.82) is 0 Å². The minimum atomic E-state index is -2.53. The molecule has 6 nitrogen and oxygen atoms in total. The highest BCUT2D eigenvalue weighted by Gasteiger charge is 2.35. The van der Waals surface area contributed by atoms with Gasteiger partial charge in [0.25, 0.3) is 5.95 Å². The molecule has 2 aromatic heterocycles. The van der Waals surface area contributed by atoms with Gasteiger partial charge >= 0.3 is 0 Å². The summed E-state index contributed by atoms with van der Waals surface area (Å²) in [5.74, 6) is -1.76. The Kier molecular flexibility index (Phi) is 5.59. The molecule has 162 valence electrons. The summed E-state index contributed by atoms with van der Waals surface area (Å²) in [6.45, 7) is 4.64. The molecule has 1 amide bonds. The third kappa shape index (κ3) is 4.52. The minimum absolute atomic E-state index is 0.0527. The van der Waals surface area contributed by atoms with Crippen LogP contribution in [-0.4, -0.2) is 50.1 Å². The second-order valence-electron chi connectivity index (χ2n) is 8.94. The van der Waals surface area contributed by atoms with Gasteiger partial charge in [-0.2, -0.15) is 5.10 Å². The van der Waals surface area contributed by atoms with Crippen molar-refractivity contribution in [3.05, 3.63) is 34.9 Å². The predicted molar refractivity (Wildman–Crippen MR) is 109 cm³/mol. The Labute approximate surface area is 175 Å². The number of aryl methyl sites for hydroxylation is 2. The van der Waals surface area contributed by atoms with E-state index in [0.717, 1.165) is 35.7 Å². The third-order valence-corrected chi connectivity index (χ3v) is 6.35. The summed E-state index contributed by atoms with van der Waals surface area (Å²) in [7, 11) is 1.83. The van der Waals surface area contributed by atoms with Gasteiger partial charge in [0.05, 0.1) is 5.69 Å². The molecule has 30 heavy (non-hydrogen) atoms. The van der Waals surface area contributed by atoms with Gasteiger partial charge in [0.1, 0.15) is 0 Å². The molecule has 2 aliphatic rings. The van der Waals surface area contributed by atoms with E-state index in [9.17, 15) is 13.6 Å². The molecule has 3 heterocycles. The van der Waals surface area contributed by atoms with E-state index in [1.807, 2.05) is 33.0 Å². The number of hydrogen-bond acceptors (Lipinski definition) is 4. The fourth-order valence-corrected chi connectivity index (χ4v) is 4.61. The number of nitrogens with zero attached hydrogens (tertiary/aromatic N) is 5. The summed E-state index contributed by atoms with van der Waals surface area (Å²) in [5.41, 5.74) is 3.48. The number of alkyl halides is 2. The van der Waals surface area contributed by atoms with E-state index in [1.165, 1.54) is 0 Å². The van der Waals surface area contributed by atoms with E-state index >= 15 is 0 Å². The molecule has 0 aromatic carbocycles. The summed E-state index contributed by atoms with van der Waals surface area (Å²) in [4.78, 5) is 23.6. The molecule has 2 fully saturated rings. The zero-order chi connectivity index (χ0) is 21.5. The Bertz CT molecular complexity index is 932. The van der Waals surface area contributed by atoms with Gasteiger partial charge in [-0.1, -0.05) is 0 Å². The monoisotopic (exact) mass is 417 g/mol. The van der Waals surface area contributed by atoms with Crippen molar-refractivity contribution in [3.63, 3.8) is 0 Å². The smallest absolute Gasteiger partial charge is 0.251 e. The molecule has 8 heteroatoms. The molecule has 1 unspecified atom stereocenters. The van der Waals surface area contributed by atoms with Gasteiger partial charge < -0.3 is 4.90 Å². The van der Waals surface area contributed by atoms with Crippen molar-refractivity contribution in [2.75, 3.05) is 13.6 Å². The first-order chi connectivity index (χ1) is 14.2. The Morgan fingerprint density at radius 1 is 1.07 bits per heavy atom. The second kappa shape index (κ2) is 8.04. The quantitative estimate of drug-likeness (QED) is 0.745. The van der Waals surface area contributed by atoms with Crippen LogP contribution < -0.4 is 0 Å². The summed E-state index contributed by atoms with van der Waals surface area (Å²) in [5, 5.41) is 4.50. The van der Waals surface area contributed by atoms with E-state index in [-0.39, 0.29) is 30.6 Å². The Morgan fingerprint density at radius 2 is 1.73 bits per heavy atom. The first-order valence-corrected chi connectivity index (χ1v) is 10.7. The van der Waals surface area contributed by atoms with Crippen LogP contribution in [0.15, 0.2) is 12.1 Å². The van der Waals surface area contributed by atoms with Crippen LogP contribution in [0.4, 0.5) is 8.78 Å². The van der Waals surface area contributed by atoms with Crippen LogP contribution in [0.5, 0.6) is 0 Å². The maximum absolute atomic E-state index is 13.5. The summed E-state index contributed by atoms with van der Waals surface area (Å²) < 4.78 is 28.8. The highest BCUT2D eigenvalue weighted by atomic mass is 19.3. The number of amides is 1. The van der Waals surface area contributed by atoms with Crippen molar-refractivity contribution in [2.24, 2.45) is 11.8 Å². The van der Waals surface area contributed by atoms with Crippen molar-refractivity contribution >= 4 is 5.91 Å². The van der Waals surface area contributed by atoms with E-state index in [4.69, 9.17) is 9.97 Å². The zero-order valence-corrected chi connectivity index (χ0v) is 17.9. The van der Waals surface area contributed by atoms with Crippen LogP contribution >= 0.6 is 0 Å². The molecule has 0 bridgehead atoms. The van der Waals surface area contributed by atoms with Crippen LogP contribution in [0.3, 0.4) is 0 Å². The van der Waals surface area contributed by atoms with Gasteiger partial charge in [0.2, 0.25) is 11.8 Å². The number of carbonyl (C=O) groups excluding carboxylic acids is 1. The highest BCUT2D eigenvalue weighted by Crippen LogP contribution is 2.37. The lowest BCUT2D eigenvalue weighted by molar-refractivity contribution is -0.129. The van der Waals surface area contributed by atoms with Crippen molar-refractivity contribution in [1.82, 2.24) is 24.6 Å². The van der Waals surface area contributed by atoms with E-state index < -0.39 is 5.92 Å². The minimum Gasteiger partial charge on any atom is -0.345 e. The summed E-state index contributed by atoms with van der Waals surface area (Å²) >= 11 is 0. The predicted octanol–water partition coefficient (Wildman–Crippen LogP) is 3.67. The Morgan fingerprint density at radius 3 is 2.30 bits per heavy atom. The number of halogens is 2. The van der Waals surface area contributed by atoms with E-state index in [1.54, 1.807) is 9.58 Å². The van der Waals surface area contributed by atoms with Crippen LogP contribution in [0.1, 0.15) is 54.9 Å².